The summed E-state index contributed by atoms with van der Waals surface area (Å²) in [6.45, 7) is 2.66. The van der Waals surface area contributed by atoms with E-state index in [0.29, 0.717) is 0 Å². The molecule has 2 aromatic carbocycles. The minimum absolute atomic E-state index is 0.125. The van der Waals surface area contributed by atoms with Crippen LogP contribution in [0.1, 0.15) is 22.3 Å². The van der Waals surface area contributed by atoms with Crippen LogP contribution in [0, 0.1) is 17.1 Å². The zero-order valence-corrected chi connectivity index (χ0v) is 11.1. The van der Waals surface area contributed by atoms with E-state index in [0.717, 1.165) is 31.6 Å². The molecular formula is C17H15FN2. The van der Waals surface area contributed by atoms with E-state index in [1.807, 2.05) is 6.07 Å². The monoisotopic (exact) mass is 266 g/mol. The van der Waals surface area contributed by atoms with E-state index in [2.05, 4.69) is 29.2 Å². The fourth-order valence-corrected chi connectivity index (χ4v) is 2.70. The Balaban J connectivity index is 1.75. The molecule has 0 unspecified atom stereocenters. The van der Waals surface area contributed by atoms with Gasteiger partial charge >= 0.3 is 0 Å². The first kappa shape index (κ1) is 12.8. The van der Waals surface area contributed by atoms with Gasteiger partial charge in [-0.05, 0) is 35.2 Å². The maximum atomic E-state index is 13.3. The highest BCUT2D eigenvalue weighted by atomic mass is 19.1. The van der Waals surface area contributed by atoms with Crippen molar-refractivity contribution >= 4 is 0 Å². The van der Waals surface area contributed by atoms with Crippen molar-refractivity contribution in [2.24, 2.45) is 0 Å². The van der Waals surface area contributed by atoms with E-state index in [1.165, 1.54) is 17.2 Å². The van der Waals surface area contributed by atoms with Crippen molar-refractivity contribution in [1.29, 1.82) is 5.26 Å². The predicted molar refractivity (Wildman–Crippen MR) is 75.4 cm³/mol. The Morgan fingerprint density at radius 2 is 1.95 bits per heavy atom. The van der Waals surface area contributed by atoms with Crippen LogP contribution in [0.15, 0.2) is 42.5 Å². The van der Waals surface area contributed by atoms with Crippen molar-refractivity contribution in [2.75, 3.05) is 6.54 Å². The van der Waals surface area contributed by atoms with Gasteiger partial charge in [0.05, 0.1) is 5.56 Å². The highest BCUT2D eigenvalue weighted by Gasteiger charge is 2.16. The largest absolute Gasteiger partial charge is 0.294 e. The normalized spacial score (nSPS) is 14.6. The fraction of sp³-hybridized carbons (Fsp3) is 0.235. The van der Waals surface area contributed by atoms with Crippen LogP contribution in [0.5, 0.6) is 0 Å². The minimum atomic E-state index is -0.444. The smallest absolute Gasteiger partial charge is 0.140 e. The van der Waals surface area contributed by atoms with Gasteiger partial charge in [0.2, 0.25) is 0 Å². The summed E-state index contributed by atoms with van der Waals surface area (Å²) in [6, 6.07) is 15.2. The lowest BCUT2D eigenvalue weighted by Gasteiger charge is -2.28. The molecule has 2 aromatic rings. The maximum absolute atomic E-state index is 13.3. The van der Waals surface area contributed by atoms with Crippen LogP contribution in [0.2, 0.25) is 0 Å². The van der Waals surface area contributed by atoms with E-state index in [-0.39, 0.29) is 5.56 Å². The number of hydrogen-bond donors (Lipinski definition) is 0. The van der Waals surface area contributed by atoms with Gasteiger partial charge in [-0.25, -0.2) is 4.39 Å². The lowest BCUT2D eigenvalue weighted by atomic mass is 9.99. The Morgan fingerprint density at radius 1 is 1.15 bits per heavy atom. The molecule has 20 heavy (non-hydrogen) atoms. The quantitative estimate of drug-likeness (QED) is 0.834. The van der Waals surface area contributed by atoms with Gasteiger partial charge in [-0.2, -0.15) is 5.26 Å². The molecular weight excluding hydrogens is 251 g/mol. The molecule has 3 heteroatoms. The third kappa shape index (κ3) is 2.56. The number of nitriles is 1. The van der Waals surface area contributed by atoms with E-state index >= 15 is 0 Å². The van der Waals surface area contributed by atoms with E-state index in [1.54, 1.807) is 12.1 Å². The minimum Gasteiger partial charge on any atom is -0.294 e. The first-order valence-electron chi connectivity index (χ1n) is 6.74. The molecule has 1 heterocycles. The summed E-state index contributed by atoms with van der Waals surface area (Å²) >= 11 is 0. The molecule has 0 aromatic heterocycles. The highest BCUT2D eigenvalue weighted by Crippen LogP contribution is 2.20. The van der Waals surface area contributed by atoms with Gasteiger partial charge in [0.25, 0.3) is 0 Å². The molecule has 0 N–H and O–H groups in total. The maximum Gasteiger partial charge on any atom is 0.140 e. The molecule has 0 bridgehead atoms. The summed E-state index contributed by atoms with van der Waals surface area (Å²) in [7, 11) is 0. The second-order valence-electron chi connectivity index (χ2n) is 5.16. The Bertz CT molecular complexity index is 673. The Labute approximate surface area is 118 Å². The summed E-state index contributed by atoms with van der Waals surface area (Å²) in [5.74, 6) is -0.444. The highest BCUT2D eigenvalue weighted by molar-refractivity contribution is 5.35. The van der Waals surface area contributed by atoms with Crippen molar-refractivity contribution in [3.8, 4) is 6.07 Å². The molecule has 0 amide bonds. The van der Waals surface area contributed by atoms with Crippen LogP contribution >= 0.6 is 0 Å². The van der Waals surface area contributed by atoms with Crippen molar-refractivity contribution < 1.29 is 4.39 Å². The fourth-order valence-electron chi connectivity index (χ4n) is 2.70. The summed E-state index contributed by atoms with van der Waals surface area (Å²) in [5.41, 5.74) is 3.89. The molecule has 0 atom stereocenters. The molecule has 0 fully saturated rings. The molecule has 100 valence electrons. The lowest BCUT2D eigenvalue weighted by Crippen LogP contribution is -2.30. The third-order valence-electron chi connectivity index (χ3n) is 3.77. The van der Waals surface area contributed by atoms with Crippen LogP contribution in [0.4, 0.5) is 4.39 Å². The molecule has 0 saturated carbocycles. The van der Waals surface area contributed by atoms with Crippen molar-refractivity contribution in [3.05, 3.63) is 70.5 Å². The van der Waals surface area contributed by atoms with Crippen LogP contribution in [0.3, 0.4) is 0 Å². The van der Waals surface area contributed by atoms with Gasteiger partial charge in [-0.1, -0.05) is 30.3 Å². The average Bonchev–Trinajstić information content (AvgIpc) is 2.49. The van der Waals surface area contributed by atoms with E-state index in [4.69, 9.17) is 5.26 Å². The Hall–Kier alpha value is -2.18. The number of nitrogens with zero attached hydrogens (tertiary/aromatic N) is 2. The molecule has 0 spiro atoms. The van der Waals surface area contributed by atoms with Crippen LogP contribution in [-0.4, -0.2) is 11.4 Å². The van der Waals surface area contributed by atoms with Crippen molar-refractivity contribution in [2.45, 2.75) is 19.5 Å². The van der Waals surface area contributed by atoms with Gasteiger partial charge in [-0.15, -0.1) is 0 Å². The Morgan fingerprint density at radius 3 is 2.75 bits per heavy atom. The number of fused-ring (bicyclic) bond motifs is 1. The zero-order valence-electron chi connectivity index (χ0n) is 11.1. The Kier molecular flexibility index (Phi) is 3.49. The molecule has 0 saturated heterocycles. The van der Waals surface area contributed by atoms with Crippen molar-refractivity contribution in [1.82, 2.24) is 4.90 Å². The van der Waals surface area contributed by atoms with Gasteiger partial charge in [0.1, 0.15) is 11.9 Å². The van der Waals surface area contributed by atoms with Gasteiger partial charge < -0.3 is 0 Å². The first-order valence-corrected chi connectivity index (χ1v) is 6.74. The lowest BCUT2D eigenvalue weighted by molar-refractivity contribution is 0.245. The molecule has 1 aliphatic rings. The second-order valence-corrected chi connectivity index (χ2v) is 5.16. The predicted octanol–water partition coefficient (Wildman–Crippen LogP) is 3.26. The van der Waals surface area contributed by atoms with Crippen molar-refractivity contribution in [3.63, 3.8) is 0 Å². The summed E-state index contributed by atoms with van der Waals surface area (Å²) in [6.07, 6.45) is 1.04. The van der Waals surface area contributed by atoms with E-state index < -0.39 is 5.82 Å². The third-order valence-corrected chi connectivity index (χ3v) is 3.77. The molecule has 2 nitrogen and oxygen atoms in total. The van der Waals surface area contributed by atoms with Gasteiger partial charge in [0.15, 0.2) is 0 Å². The van der Waals surface area contributed by atoms with Crippen LogP contribution in [0.25, 0.3) is 0 Å². The topological polar surface area (TPSA) is 27.0 Å². The van der Waals surface area contributed by atoms with Gasteiger partial charge in [0, 0.05) is 19.6 Å². The number of benzene rings is 2. The van der Waals surface area contributed by atoms with Gasteiger partial charge in [-0.3, -0.25) is 4.90 Å². The SMILES string of the molecule is N#Cc1cc(CN2CCc3ccccc3C2)ccc1F. The molecule has 0 aliphatic carbocycles. The summed E-state index contributed by atoms with van der Waals surface area (Å²) < 4.78 is 13.3. The van der Waals surface area contributed by atoms with Crippen LogP contribution in [-0.2, 0) is 19.5 Å². The molecule has 3 rings (SSSR count). The standard InChI is InChI=1S/C17H15FN2/c18-17-6-5-13(9-16(17)10-19)11-20-8-7-14-3-1-2-4-15(14)12-20/h1-6,9H,7-8,11-12H2. The van der Waals surface area contributed by atoms with Crippen LogP contribution < -0.4 is 0 Å². The second kappa shape index (κ2) is 5.44. The zero-order chi connectivity index (χ0) is 13.9. The molecule has 0 radical (unpaired) electrons. The first-order chi connectivity index (χ1) is 9.76. The molecule has 1 aliphatic heterocycles. The number of halogens is 1. The summed E-state index contributed by atoms with van der Waals surface area (Å²) in [4.78, 5) is 2.33. The summed E-state index contributed by atoms with van der Waals surface area (Å²) in [5, 5.41) is 8.88. The number of hydrogen-bond acceptors (Lipinski definition) is 2. The average molecular weight is 266 g/mol. The number of rotatable bonds is 2. The van der Waals surface area contributed by atoms with E-state index in [9.17, 15) is 4.39 Å².